The van der Waals surface area contributed by atoms with Crippen LogP contribution in [-0.2, 0) is 19.1 Å². The average Bonchev–Trinajstić information content (AvgIpc) is 2.73. The lowest BCUT2D eigenvalue weighted by Gasteiger charge is -2.13. The van der Waals surface area contributed by atoms with Crippen LogP contribution in [0.15, 0.2) is 18.2 Å². The van der Waals surface area contributed by atoms with Crippen molar-refractivity contribution in [1.82, 2.24) is 0 Å². The number of hydrogen-bond acceptors (Lipinski definition) is 4. The average molecular weight is 307 g/mol. The van der Waals surface area contributed by atoms with Gasteiger partial charge in [-0.25, -0.2) is 9.59 Å². The van der Waals surface area contributed by atoms with Gasteiger partial charge < -0.3 is 19.7 Å². The molecule has 2 unspecified atom stereocenters. The summed E-state index contributed by atoms with van der Waals surface area (Å²) in [5.41, 5.74) is 0.209. The molecular weight excluding hydrogens is 299 g/mol. The van der Waals surface area contributed by atoms with Gasteiger partial charge in [-0.3, -0.25) is 0 Å². The molecule has 0 spiro atoms. The van der Waals surface area contributed by atoms with Gasteiger partial charge in [-0.2, -0.15) is 0 Å². The van der Waals surface area contributed by atoms with Crippen LogP contribution in [0.25, 0.3) is 0 Å². The van der Waals surface area contributed by atoms with E-state index in [1.165, 1.54) is 12.1 Å². The second kappa shape index (κ2) is 5.34. The lowest BCUT2D eigenvalue weighted by atomic mass is 10.2. The fourth-order valence-electron chi connectivity index (χ4n) is 1.69. The molecule has 1 saturated heterocycles. The van der Waals surface area contributed by atoms with E-state index in [2.05, 4.69) is 0 Å². The van der Waals surface area contributed by atoms with Crippen LogP contribution in [0.2, 0.25) is 10.0 Å². The van der Waals surface area contributed by atoms with Crippen LogP contribution in [0.3, 0.4) is 0 Å². The Morgan fingerprint density at radius 3 is 1.79 bits per heavy atom. The standard InChI is InChI=1S/C11H8Cl2O6/c12-4-2-1-3-5(13)6(4)11-18-7(9(14)15)8(19-11)10(16)17/h1-3,7-8,11H,(H,14,15)(H,16,17). The van der Waals surface area contributed by atoms with E-state index >= 15 is 0 Å². The fourth-order valence-corrected chi connectivity index (χ4v) is 2.26. The summed E-state index contributed by atoms with van der Waals surface area (Å²) < 4.78 is 10.1. The van der Waals surface area contributed by atoms with E-state index in [1.54, 1.807) is 6.07 Å². The first kappa shape index (κ1) is 14.1. The largest absolute Gasteiger partial charge is 0.479 e. The van der Waals surface area contributed by atoms with Gasteiger partial charge in [0.05, 0.1) is 10.0 Å². The van der Waals surface area contributed by atoms with Gasteiger partial charge in [-0.05, 0) is 12.1 Å². The number of carboxylic acids is 2. The first-order valence-electron chi connectivity index (χ1n) is 5.12. The van der Waals surface area contributed by atoms with Crippen molar-refractivity contribution in [1.29, 1.82) is 0 Å². The first-order valence-corrected chi connectivity index (χ1v) is 5.88. The lowest BCUT2D eigenvalue weighted by molar-refractivity contribution is -0.156. The maximum absolute atomic E-state index is 10.9. The van der Waals surface area contributed by atoms with E-state index in [0.29, 0.717) is 0 Å². The van der Waals surface area contributed by atoms with Crippen molar-refractivity contribution < 1.29 is 29.3 Å². The van der Waals surface area contributed by atoms with E-state index < -0.39 is 30.4 Å². The van der Waals surface area contributed by atoms with Crippen LogP contribution in [0.4, 0.5) is 0 Å². The third kappa shape index (κ3) is 2.66. The van der Waals surface area contributed by atoms with Gasteiger partial charge in [0.25, 0.3) is 0 Å². The number of benzene rings is 1. The molecule has 102 valence electrons. The number of hydrogen-bond donors (Lipinski definition) is 2. The van der Waals surface area contributed by atoms with Crippen LogP contribution in [0, 0.1) is 0 Å². The highest BCUT2D eigenvalue weighted by molar-refractivity contribution is 6.36. The third-order valence-corrected chi connectivity index (χ3v) is 3.20. The molecule has 0 amide bonds. The molecule has 1 aliphatic heterocycles. The van der Waals surface area contributed by atoms with Crippen LogP contribution in [0.1, 0.15) is 11.9 Å². The third-order valence-electron chi connectivity index (χ3n) is 2.54. The summed E-state index contributed by atoms with van der Waals surface area (Å²) in [5.74, 6) is -2.86. The van der Waals surface area contributed by atoms with Crippen molar-refractivity contribution in [2.75, 3.05) is 0 Å². The Balaban J connectivity index is 2.34. The topological polar surface area (TPSA) is 93.1 Å². The van der Waals surface area contributed by atoms with Gasteiger partial charge in [0.15, 0.2) is 18.5 Å². The summed E-state index contributed by atoms with van der Waals surface area (Å²) in [6, 6.07) is 4.62. The van der Waals surface area contributed by atoms with E-state index in [4.69, 9.17) is 42.9 Å². The van der Waals surface area contributed by atoms with E-state index in [1.807, 2.05) is 0 Å². The van der Waals surface area contributed by atoms with Crippen molar-refractivity contribution in [3.63, 3.8) is 0 Å². The molecular formula is C11H8Cl2O6. The number of aliphatic carboxylic acids is 2. The monoisotopic (exact) mass is 306 g/mol. The normalized spacial score (nSPS) is 26.3. The maximum Gasteiger partial charge on any atom is 0.336 e. The van der Waals surface area contributed by atoms with Gasteiger partial charge in [0.1, 0.15) is 0 Å². The molecule has 6 nitrogen and oxygen atoms in total. The molecule has 1 aromatic rings. The van der Waals surface area contributed by atoms with Gasteiger partial charge in [-0.1, -0.05) is 29.3 Å². The Morgan fingerprint density at radius 1 is 1.00 bits per heavy atom. The molecule has 2 N–H and O–H groups in total. The minimum Gasteiger partial charge on any atom is -0.479 e. The molecule has 0 bridgehead atoms. The highest BCUT2D eigenvalue weighted by Crippen LogP contribution is 2.39. The molecule has 19 heavy (non-hydrogen) atoms. The van der Waals surface area contributed by atoms with Crippen LogP contribution in [0.5, 0.6) is 0 Å². The second-order valence-corrected chi connectivity index (χ2v) is 4.57. The van der Waals surface area contributed by atoms with Gasteiger partial charge in [0.2, 0.25) is 0 Å². The van der Waals surface area contributed by atoms with Gasteiger partial charge >= 0.3 is 11.9 Å². The van der Waals surface area contributed by atoms with Crippen molar-refractivity contribution in [2.45, 2.75) is 18.5 Å². The van der Waals surface area contributed by atoms with Gasteiger partial charge in [0, 0.05) is 5.56 Å². The first-order chi connectivity index (χ1) is 8.91. The summed E-state index contributed by atoms with van der Waals surface area (Å²) in [7, 11) is 0. The highest BCUT2D eigenvalue weighted by Gasteiger charge is 2.47. The molecule has 1 aromatic carbocycles. The van der Waals surface area contributed by atoms with Crippen molar-refractivity contribution in [3.8, 4) is 0 Å². The zero-order valence-electron chi connectivity index (χ0n) is 9.25. The Hall–Kier alpha value is -1.34. The quantitative estimate of drug-likeness (QED) is 0.886. The number of carboxylic acid groups (broad SMARTS) is 2. The van der Waals surface area contributed by atoms with Crippen LogP contribution in [-0.4, -0.2) is 34.4 Å². The fraction of sp³-hybridized carbons (Fsp3) is 0.273. The van der Waals surface area contributed by atoms with E-state index in [0.717, 1.165) is 0 Å². The molecule has 1 aliphatic rings. The summed E-state index contributed by atoms with van der Waals surface area (Å²) in [5, 5.41) is 18.2. The summed E-state index contributed by atoms with van der Waals surface area (Å²) in [6.45, 7) is 0. The van der Waals surface area contributed by atoms with Crippen molar-refractivity contribution >= 4 is 35.1 Å². The Bertz CT molecular complexity index is 490. The molecule has 0 aliphatic carbocycles. The zero-order valence-corrected chi connectivity index (χ0v) is 10.8. The van der Waals surface area contributed by atoms with Crippen molar-refractivity contribution in [2.24, 2.45) is 0 Å². The maximum atomic E-state index is 10.9. The number of halogens is 2. The molecule has 0 radical (unpaired) electrons. The summed E-state index contributed by atoms with van der Waals surface area (Å²) in [6.07, 6.45) is -4.46. The van der Waals surface area contributed by atoms with Crippen LogP contribution < -0.4 is 0 Å². The molecule has 0 saturated carbocycles. The SMILES string of the molecule is O=C(O)C1OC(c2c(Cl)cccc2Cl)OC1C(=O)O. The van der Waals surface area contributed by atoms with E-state index in [9.17, 15) is 9.59 Å². The summed E-state index contributed by atoms with van der Waals surface area (Å²) in [4.78, 5) is 21.9. The van der Waals surface area contributed by atoms with Crippen molar-refractivity contribution in [3.05, 3.63) is 33.8 Å². The minimum atomic E-state index is -1.62. The highest BCUT2D eigenvalue weighted by atomic mass is 35.5. The molecule has 1 fully saturated rings. The molecule has 8 heteroatoms. The lowest BCUT2D eigenvalue weighted by Crippen LogP contribution is -2.36. The Kier molecular flexibility index (Phi) is 3.96. The minimum absolute atomic E-state index is 0.202. The molecule has 2 atom stereocenters. The Morgan fingerprint density at radius 2 is 1.42 bits per heavy atom. The summed E-state index contributed by atoms with van der Waals surface area (Å²) >= 11 is 11.8. The predicted molar refractivity (Wildman–Crippen MR) is 64.2 cm³/mol. The predicted octanol–water partition coefficient (Wildman–Crippen LogP) is 1.95. The number of carbonyl (C=O) groups is 2. The number of rotatable bonds is 3. The molecule has 0 aromatic heterocycles. The smallest absolute Gasteiger partial charge is 0.336 e. The molecule has 2 rings (SSSR count). The number of ether oxygens (including phenoxy) is 2. The van der Waals surface area contributed by atoms with Crippen LogP contribution >= 0.6 is 23.2 Å². The van der Waals surface area contributed by atoms with Gasteiger partial charge in [-0.15, -0.1) is 0 Å². The van der Waals surface area contributed by atoms with E-state index in [-0.39, 0.29) is 15.6 Å². The zero-order chi connectivity index (χ0) is 14.2. The second-order valence-electron chi connectivity index (χ2n) is 3.76. The Labute approximate surface area is 117 Å². The molecule has 1 heterocycles.